The molecule has 26 heavy (non-hydrogen) atoms. The van der Waals surface area contributed by atoms with Crippen molar-refractivity contribution in [2.24, 2.45) is 11.5 Å². The number of rotatable bonds is 5. The molecule has 1 aliphatic rings. The number of nitrogens with two attached hydrogens (primary N) is 2. The minimum Gasteiger partial charge on any atom is -0.365 e. The lowest BCUT2D eigenvalue weighted by molar-refractivity contribution is 0.100. The van der Waals surface area contributed by atoms with Gasteiger partial charge in [0, 0.05) is 17.8 Å². The fraction of sp³-hybridized carbons (Fsp3) is 0.368. The molecule has 6 N–H and O–H groups in total. The molecule has 1 saturated carbocycles. The molecule has 1 unspecified atom stereocenters. The van der Waals surface area contributed by atoms with Crippen molar-refractivity contribution in [1.82, 2.24) is 4.98 Å². The number of benzene rings is 1. The van der Waals surface area contributed by atoms with E-state index < -0.39 is 11.7 Å². The van der Waals surface area contributed by atoms with Crippen molar-refractivity contribution in [3.8, 4) is 0 Å². The molecule has 1 amide bonds. The van der Waals surface area contributed by atoms with Gasteiger partial charge < -0.3 is 22.1 Å². The molecule has 6 nitrogen and oxygen atoms in total. The first-order chi connectivity index (χ1) is 12.5. The van der Waals surface area contributed by atoms with E-state index in [0.29, 0.717) is 0 Å². The Morgan fingerprint density at radius 3 is 2.65 bits per heavy atom. The van der Waals surface area contributed by atoms with Crippen LogP contribution in [0.3, 0.4) is 0 Å². The van der Waals surface area contributed by atoms with Gasteiger partial charge in [-0.15, -0.1) is 0 Å². The third-order valence-electron chi connectivity index (χ3n) is 4.78. The number of carbonyl (C=O) groups is 1. The molecular formula is C19H24FN5O. The highest BCUT2D eigenvalue weighted by Crippen LogP contribution is 2.27. The number of aryl methyl sites for hydroxylation is 1. The second kappa shape index (κ2) is 7.70. The molecule has 138 valence electrons. The highest BCUT2D eigenvalue weighted by Gasteiger charge is 2.24. The van der Waals surface area contributed by atoms with Crippen molar-refractivity contribution in [1.29, 1.82) is 0 Å². The highest BCUT2D eigenvalue weighted by atomic mass is 19.1. The molecule has 0 saturated heterocycles. The van der Waals surface area contributed by atoms with E-state index in [9.17, 15) is 9.18 Å². The Kier molecular flexibility index (Phi) is 5.37. The van der Waals surface area contributed by atoms with E-state index in [1.54, 1.807) is 0 Å². The summed E-state index contributed by atoms with van der Waals surface area (Å²) in [6, 6.07) is 8.58. The van der Waals surface area contributed by atoms with Crippen molar-refractivity contribution >= 4 is 23.2 Å². The number of hydrogen-bond acceptors (Lipinski definition) is 5. The molecule has 0 radical (unpaired) electrons. The van der Waals surface area contributed by atoms with Crippen LogP contribution in [0.2, 0.25) is 0 Å². The number of primary amides is 1. The summed E-state index contributed by atoms with van der Waals surface area (Å²) in [6.07, 6.45) is 3.88. The van der Waals surface area contributed by atoms with Crippen LogP contribution < -0.4 is 22.1 Å². The van der Waals surface area contributed by atoms with Gasteiger partial charge in [0.15, 0.2) is 11.6 Å². The number of amides is 1. The molecule has 3 rings (SSSR count). The van der Waals surface area contributed by atoms with Gasteiger partial charge in [0.05, 0.1) is 5.56 Å². The Bertz CT molecular complexity index is 811. The van der Waals surface area contributed by atoms with Gasteiger partial charge in [0.1, 0.15) is 5.82 Å². The Morgan fingerprint density at radius 2 is 1.96 bits per heavy atom. The van der Waals surface area contributed by atoms with Crippen LogP contribution in [0.1, 0.15) is 41.6 Å². The van der Waals surface area contributed by atoms with Crippen LogP contribution in [0.25, 0.3) is 0 Å². The zero-order chi connectivity index (χ0) is 18.7. The molecule has 1 fully saturated rings. The maximum Gasteiger partial charge on any atom is 0.252 e. The molecule has 0 bridgehead atoms. The van der Waals surface area contributed by atoms with E-state index in [4.69, 9.17) is 11.5 Å². The summed E-state index contributed by atoms with van der Waals surface area (Å²) in [4.78, 5) is 16.0. The summed E-state index contributed by atoms with van der Waals surface area (Å²) < 4.78 is 14.5. The van der Waals surface area contributed by atoms with Gasteiger partial charge in [-0.1, -0.05) is 31.0 Å². The average molecular weight is 357 g/mol. The number of para-hydroxylation sites is 1. The minimum atomic E-state index is -0.742. The van der Waals surface area contributed by atoms with E-state index in [1.807, 2.05) is 31.2 Å². The Hall–Kier alpha value is -2.67. The number of halogens is 1. The largest absolute Gasteiger partial charge is 0.365 e. The molecule has 1 aromatic carbocycles. The quantitative estimate of drug-likeness (QED) is 0.658. The molecular weight excluding hydrogens is 333 g/mol. The fourth-order valence-corrected chi connectivity index (χ4v) is 3.23. The van der Waals surface area contributed by atoms with Gasteiger partial charge in [0.2, 0.25) is 0 Å². The van der Waals surface area contributed by atoms with E-state index in [-0.39, 0.29) is 29.3 Å². The van der Waals surface area contributed by atoms with E-state index in [1.165, 1.54) is 0 Å². The van der Waals surface area contributed by atoms with Gasteiger partial charge in [-0.25, -0.2) is 9.37 Å². The molecule has 1 heterocycles. The zero-order valence-electron chi connectivity index (χ0n) is 14.8. The predicted molar refractivity (Wildman–Crippen MR) is 101 cm³/mol. The number of aromatic nitrogens is 1. The third kappa shape index (κ3) is 3.94. The lowest BCUT2D eigenvalue weighted by Crippen LogP contribution is -2.43. The first-order valence-corrected chi connectivity index (χ1v) is 8.81. The Morgan fingerprint density at radius 1 is 1.23 bits per heavy atom. The summed E-state index contributed by atoms with van der Waals surface area (Å²) in [6.45, 7) is 1.93. The first kappa shape index (κ1) is 18.1. The average Bonchev–Trinajstić information content (AvgIpc) is 2.61. The third-order valence-corrected chi connectivity index (χ3v) is 4.78. The van der Waals surface area contributed by atoms with Crippen molar-refractivity contribution in [3.05, 3.63) is 47.3 Å². The van der Waals surface area contributed by atoms with Crippen LogP contribution >= 0.6 is 0 Å². The highest BCUT2D eigenvalue weighted by molar-refractivity contribution is 5.98. The Labute approximate surface area is 152 Å². The van der Waals surface area contributed by atoms with Gasteiger partial charge in [-0.3, -0.25) is 4.79 Å². The van der Waals surface area contributed by atoms with Crippen molar-refractivity contribution in [3.63, 3.8) is 0 Å². The number of carbonyl (C=O) groups excluding carboxylic acids is 1. The number of nitrogens with one attached hydrogen (secondary N) is 2. The van der Waals surface area contributed by atoms with Crippen LogP contribution in [0.15, 0.2) is 30.3 Å². The van der Waals surface area contributed by atoms with Gasteiger partial charge in [0.25, 0.3) is 5.91 Å². The lowest BCUT2D eigenvalue weighted by Gasteiger charge is -2.30. The van der Waals surface area contributed by atoms with E-state index in [0.717, 1.165) is 43.0 Å². The van der Waals surface area contributed by atoms with Crippen LogP contribution in [0, 0.1) is 12.7 Å². The number of hydrogen-bond donors (Lipinski definition) is 4. The molecule has 1 aromatic heterocycles. The van der Waals surface area contributed by atoms with E-state index >= 15 is 0 Å². The normalized spacial score (nSPS) is 19.8. The molecule has 1 aliphatic carbocycles. The molecule has 2 atom stereocenters. The molecule has 0 aliphatic heterocycles. The van der Waals surface area contributed by atoms with Crippen molar-refractivity contribution in [2.45, 2.75) is 44.7 Å². The summed E-state index contributed by atoms with van der Waals surface area (Å²) in [5, 5.41) is 6.19. The maximum absolute atomic E-state index is 14.5. The number of anilines is 3. The van der Waals surface area contributed by atoms with Gasteiger partial charge in [-0.05, 0) is 37.5 Å². The Balaban J connectivity index is 1.93. The standard InChI is InChI=1S/C19H24FN5O/c1-11-6-2-4-8-15(11)23-18-12(17(22)26)10-13(20)19(25-18)24-16-9-5-3-7-14(16)21/h2,4,6,8,10,14,16H,3,5,7,9,21H2,1H3,(H2,22,26)(H2,23,24,25)/t14-,16?/m0/s1. The SMILES string of the molecule is Cc1ccccc1Nc1nc(NC2CCCC[C@@H]2N)c(F)cc1C(N)=O. The summed E-state index contributed by atoms with van der Waals surface area (Å²) in [5.74, 6) is -1.06. The molecule has 2 aromatic rings. The smallest absolute Gasteiger partial charge is 0.252 e. The first-order valence-electron chi connectivity index (χ1n) is 8.81. The van der Waals surface area contributed by atoms with Crippen LogP contribution in [-0.2, 0) is 0 Å². The second-order valence-electron chi connectivity index (χ2n) is 6.72. The van der Waals surface area contributed by atoms with E-state index in [2.05, 4.69) is 15.6 Å². The van der Waals surface area contributed by atoms with Crippen LogP contribution in [-0.4, -0.2) is 23.0 Å². The second-order valence-corrected chi connectivity index (χ2v) is 6.72. The van der Waals surface area contributed by atoms with Crippen LogP contribution in [0.5, 0.6) is 0 Å². The molecule has 0 spiro atoms. The summed E-state index contributed by atoms with van der Waals surface area (Å²) in [7, 11) is 0. The number of nitrogens with zero attached hydrogens (tertiary/aromatic N) is 1. The molecule has 7 heteroatoms. The van der Waals surface area contributed by atoms with Crippen molar-refractivity contribution < 1.29 is 9.18 Å². The van der Waals surface area contributed by atoms with Gasteiger partial charge >= 0.3 is 0 Å². The zero-order valence-corrected chi connectivity index (χ0v) is 14.8. The monoisotopic (exact) mass is 357 g/mol. The fourth-order valence-electron chi connectivity index (χ4n) is 3.23. The van der Waals surface area contributed by atoms with Crippen LogP contribution in [0.4, 0.5) is 21.7 Å². The van der Waals surface area contributed by atoms with Gasteiger partial charge in [-0.2, -0.15) is 0 Å². The predicted octanol–water partition coefficient (Wildman–Crippen LogP) is 3.05. The van der Waals surface area contributed by atoms with Crippen molar-refractivity contribution in [2.75, 3.05) is 10.6 Å². The number of pyridine rings is 1. The summed E-state index contributed by atoms with van der Waals surface area (Å²) in [5.41, 5.74) is 13.3. The lowest BCUT2D eigenvalue weighted by atomic mass is 9.91. The minimum absolute atomic E-state index is 0.00393. The summed E-state index contributed by atoms with van der Waals surface area (Å²) >= 11 is 0. The maximum atomic E-state index is 14.5. The topological polar surface area (TPSA) is 106 Å².